The number of carbonyl (C=O) groups excluding carboxylic acids is 2. The van der Waals surface area contributed by atoms with Crippen LogP contribution in [0.2, 0.25) is 0 Å². The molecule has 20 heavy (non-hydrogen) atoms. The molecule has 1 unspecified atom stereocenters. The van der Waals surface area contributed by atoms with Crippen LogP contribution < -0.4 is 10.1 Å². The molecule has 106 valence electrons. The lowest BCUT2D eigenvalue weighted by atomic mass is 9.77. The van der Waals surface area contributed by atoms with Crippen LogP contribution in [0.15, 0.2) is 22.7 Å². The van der Waals surface area contributed by atoms with Crippen molar-refractivity contribution in [2.24, 2.45) is 0 Å². The van der Waals surface area contributed by atoms with E-state index in [-0.39, 0.29) is 11.9 Å². The van der Waals surface area contributed by atoms with Gasteiger partial charge in [0.2, 0.25) is 0 Å². The highest BCUT2D eigenvalue weighted by molar-refractivity contribution is 9.10. The number of benzene rings is 1. The molecule has 0 aliphatic carbocycles. The molecule has 0 saturated carbocycles. The lowest BCUT2D eigenvalue weighted by molar-refractivity contribution is -0.133. The fourth-order valence-electron chi connectivity index (χ4n) is 2.99. The monoisotopic (exact) mass is 338 g/mol. The van der Waals surface area contributed by atoms with Crippen LogP contribution in [-0.2, 0) is 10.3 Å². The third-order valence-electron chi connectivity index (χ3n) is 3.77. The second-order valence-electron chi connectivity index (χ2n) is 5.88. The molecule has 2 heterocycles. The van der Waals surface area contributed by atoms with Gasteiger partial charge in [0.05, 0.1) is 0 Å². The molecule has 3 amide bonds. The second kappa shape index (κ2) is 3.97. The van der Waals surface area contributed by atoms with Crippen LogP contribution in [0.25, 0.3) is 0 Å². The Hall–Kier alpha value is -1.56. The topological polar surface area (TPSA) is 58.6 Å². The lowest BCUT2D eigenvalue weighted by Gasteiger charge is -2.42. The van der Waals surface area contributed by atoms with E-state index in [4.69, 9.17) is 4.74 Å². The fourth-order valence-corrected chi connectivity index (χ4v) is 3.35. The van der Waals surface area contributed by atoms with E-state index in [1.807, 2.05) is 32.0 Å². The molecule has 1 aromatic carbocycles. The first-order chi connectivity index (χ1) is 9.25. The first-order valence-corrected chi connectivity index (χ1v) is 7.14. The SMILES string of the molecule is CN1C(=O)NC2(CC(C)(C)Oc3ccc(Br)cc32)C1=O. The molecule has 3 rings (SSSR count). The molecule has 1 saturated heterocycles. The van der Waals surface area contributed by atoms with Gasteiger partial charge in [-0.2, -0.15) is 0 Å². The number of hydrogen-bond acceptors (Lipinski definition) is 3. The third kappa shape index (κ3) is 1.74. The second-order valence-corrected chi connectivity index (χ2v) is 6.79. The van der Waals surface area contributed by atoms with Crippen molar-refractivity contribution in [3.8, 4) is 5.75 Å². The third-order valence-corrected chi connectivity index (χ3v) is 4.27. The molecule has 0 bridgehead atoms. The van der Waals surface area contributed by atoms with Crippen molar-refractivity contribution in [1.82, 2.24) is 10.2 Å². The minimum absolute atomic E-state index is 0.238. The Labute approximate surface area is 125 Å². The number of hydrogen-bond donors (Lipinski definition) is 1. The van der Waals surface area contributed by atoms with Crippen molar-refractivity contribution in [3.05, 3.63) is 28.2 Å². The number of nitrogens with zero attached hydrogens (tertiary/aromatic N) is 1. The van der Waals surface area contributed by atoms with Crippen LogP contribution in [-0.4, -0.2) is 29.5 Å². The first kappa shape index (κ1) is 13.4. The van der Waals surface area contributed by atoms with Gasteiger partial charge in [-0.1, -0.05) is 15.9 Å². The number of rotatable bonds is 0. The smallest absolute Gasteiger partial charge is 0.325 e. The molecule has 2 aliphatic rings. The van der Waals surface area contributed by atoms with Crippen LogP contribution in [0.4, 0.5) is 4.79 Å². The molecule has 1 N–H and O–H groups in total. The maximum absolute atomic E-state index is 12.6. The van der Waals surface area contributed by atoms with Gasteiger partial charge in [-0.15, -0.1) is 0 Å². The van der Waals surface area contributed by atoms with Gasteiger partial charge in [0.15, 0.2) is 5.54 Å². The lowest BCUT2D eigenvalue weighted by Crippen LogP contribution is -2.53. The Balaban J connectivity index is 2.24. The van der Waals surface area contributed by atoms with E-state index >= 15 is 0 Å². The van der Waals surface area contributed by atoms with Crippen LogP contribution in [0, 0.1) is 0 Å². The summed E-state index contributed by atoms with van der Waals surface area (Å²) >= 11 is 3.41. The average Bonchev–Trinajstić information content (AvgIpc) is 2.55. The van der Waals surface area contributed by atoms with E-state index in [2.05, 4.69) is 21.2 Å². The Morgan fingerprint density at radius 2 is 2.05 bits per heavy atom. The quantitative estimate of drug-likeness (QED) is 0.739. The molecule has 1 aromatic rings. The van der Waals surface area contributed by atoms with E-state index in [1.54, 1.807) is 0 Å². The van der Waals surface area contributed by atoms with Crippen LogP contribution >= 0.6 is 15.9 Å². The normalized spacial score (nSPS) is 27.3. The molecule has 0 aromatic heterocycles. The molecule has 2 aliphatic heterocycles. The fraction of sp³-hybridized carbons (Fsp3) is 0.429. The van der Waals surface area contributed by atoms with Crippen molar-refractivity contribution in [1.29, 1.82) is 0 Å². The number of likely N-dealkylation sites (N-methyl/N-ethyl adjacent to an activating group) is 1. The Morgan fingerprint density at radius 3 is 2.65 bits per heavy atom. The number of carbonyl (C=O) groups is 2. The summed E-state index contributed by atoms with van der Waals surface area (Å²) < 4.78 is 6.78. The minimum Gasteiger partial charge on any atom is -0.487 e. The predicted molar refractivity (Wildman–Crippen MR) is 76.4 cm³/mol. The molecular formula is C14H15BrN2O3. The van der Waals surface area contributed by atoms with E-state index < -0.39 is 11.1 Å². The summed E-state index contributed by atoms with van der Waals surface area (Å²) in [5.41, 5.74) is -0.865. The van der Waals surface area contributed by atoms with Gasteiger partial charge in [0.25, 0.3) is 5.91 Å². The Kier molecular flexibility index (Phi) is 2.67. The molecular weight excluding hydrogens is 324 g/mol. The number of nitrogens with one attached hydrogen (secondary N) is 1. The van der Waals surface area contributed by atoms with E-state index in [0.29, 0.717) is 17.7 Å². The number of halogens is 1. The molecule has 0 radical (unpaired) electrons. The number of ether oxygens (including phenoxy) is 1. The first-order valence-electron chi connectivity index (χ1n) is 6.35. The van der Waals surface area contributed by atoms with Crippen LogP contribution in [0.1, 0.15) is 25.8 Å². The summed E-state index contributed by atoms with van der Waals surface area (Å²) in [6.07, 6.45) is 0.401. The van der Waals surface area contributed by atoms with E-state index in [0.717, 1.165) is 9.37 Å². The van der Waals surface area contributed by atoms with Gasteiger partial charge >= 0.3 is 6.03 Å². The minimum atomic E-state index is -1.04. The highest BCUT2D eigenvalue weighted by Crippen LogP contribution is 2.47. The maximum atomic E-state index is 12.6. The van der Waals surface area contributed by atoms with Crippen molar-refractivity contribution >= 4 is 27.9 Å². The maximum Gasteiger partial charge on any atom is 0.325 e. The molecule has 1 spiro atoms. The van der Waals surface area contributed by atoms with Crippen molar-refractivity contribution in [2.45, 2.75) is 31.4 Å². The van der Waals surface area contributed by atoms with Crippen molar-refractivity contribution in [3.63, 3.8) is 0 Å². The summed E-state index contributed by atoms with van der Waals surface area (Å²) in [5, 5.41) is 2.84. The summed E-state index contributed by atoms with van der Waals surface area (Å²) in [4.78, 5) is 25.7. The van der Waals surface area contributed by atoms with Crippen molar-refractivity contribution in [2.75, 3.05) is 7.05 Å². The molecule has 6 heteroatoms. The number of amides is 3. The van der Waals surface area contributed by atoms with Crippen LogP contribution in [0.3, 0.4) is 0 Å². The van der Waals surface area contributed by atoms with Gasteiger partial charge in [0, 0.05) is 23.5 Å². The molecule has 1 fully saturated rings. The van der Waals surface area contributed by atoms with E-state index in [1.165, 1.54) is 7.05 Å². The van der Waals surface area contributed by atoms with Gasteiger partial charge in [-0.25, -0.2) is 4.79 Å². The van der Waals surface area contributed by atoms with E-state index in [9.17, 15) is 9.59 Å². The van der Waals surface area contributed by atoms with Crippen molar-refractivity contribution < 1.29 is 14.3 Å². The van der Waals surface area contributed by atoms with Gasteiger partial charge in [0.1, 0.15) is 11.4 Å². The number of imide groups is 1. The average molecular weight is 339 g/mol. The summed E-state index contributed by atoms with van der Waals surface area (Å²) in [6.45, 7) is 3.83. The zero-order chi connectivity index (χ0) is 14.7. The van der Waals surface area contributed by atoms with Gasteiger partial charge in [-0.05, 0) is 32.0 Å². The highest BCUT2D eigenvalue weighted by atomic mass is 79.9. The summed E-state index contributed by atoms with van der Waals surface area (Å²) in [5.74, 6) is 0.395. The Bertz CT molecular complexity index is 629. The molecule has 1 atom stereocenters. The Morgan fingerprint density at radius 1 is 1.35 bits per heavy atom. The summed E-state index contributed by atoms with van der Waals surface area (Å²) in [7, 11) is 1.49. The predicted octanol–water partition coefficient (Wildman–Crippen LogP) is 2.39. The number of fused-ring (bicyclic) bond motifs is 2. The number of urea groups is 1. The standard InChI is InChI=1S/C14H15BrN2O3/c1-13(2)7-14(11(18)17(3)12(19)16-14)9-6-8(15)4-5-10(9)20-13/h4-6H,7H2,1-3H3,(H,16,19). The zero-order valence-electron chi connectivity index (χ0n) is 11.5. The zero-order valence-corrected chi connectivity index (χ0v) is 13.1. The van der Waals surface area contributed by atoms with Gasteiger partial charge < -0.3 is 10.1 Å². The molecule has 5 nitrogen and oxygen atoms in total. The van der Waals surface area contributed by atoms with Gasteiger partial charge in [-0.3, -0.25) is 9.69 Å². The highest BCUT2D eigenvalue weighted by Gasteiger charge is 2.57. The summed E-state index contributed by atoms with van der Waals surface area (Å²) in [6, 6.07) is 5.14. The van der Waals surface area contributed by atoms with Crippen LogP contribution in [0.5, 0.6) is 5.75 Å². The largest absolute Gasteiger partial charge is 0.487 e.